The molecule has 1 aliphatic heterocycles. The number of amides is 1. The first-order valence-electron chi connectivity index (χ1n) is 11.6. The molecule has 0 saturated carbocycles. The van der Waals surface area contributed by atoms with Crippen LogP contribution >= 0.6 is 11.3 Å². The third-order valence-corrected chi connectivity index (χ3v) is 9.16. The van der Waals surface area contributed by atoms with Crippen LogP contribution in [0.2, 0.25) is 0 Å². The zero-order chi connectivity index (χ0) is 26.4. The lowest BCUT2D eigenvalue weighted by Crippen LogP contribution is -2.31. The molecule has 0 N–H and O–H groups in total. The number of hydrogen-bond acceptors (Lipinski definition) is 6. The second-order valence-electron chi connectivity index (χ2n) is 8.68. The molecule has 0 spiro atoms. The van der Waals surface area contributed by atoms with Gasteiger partial charge in [-0.25, -0.2) is 22.2 Å². The highest BCUT2D eigenvalue weighted by Gasteiger charge is 2.31. The number of thiazole rings is 1. The van der Waals surface area contributed by atoms with Crippen molar-refractivity contribution >= 4 is 48.3 Å². The first-order valence-corrected chi connectivity index (χ1v) is 13.9. The number of carbonyl (C=O) groups excluding carboxylic acids is 1. The van der Waals surface area contributed by atoms with Crippen LogP contribution in [0.15, 0.2) is 88.4 Å². The zero-order valence-electron chi connectivity index (χ0n) is 19.7. The first-order chi connectivity index (χ1) is 18.3. The zero-order valence-corrected chi connectivity index (χ0v) is 21.3. The average molecular weight is 552 g/mol. The smallest absolute Gasteiger partial charge is 0.264 e. The Bertz CT molecular complexity index is 1770. The second kappa shape index (κ2) is 9.34. The van der Waals surface area contributed by atoms with Crippen LogP contribution in [-0.4, -0.2) is 25.9 Å². The molecule has 0 unspecified atom stereocenters. The van der Waals surface area contributed by atoms with Gasteiger partial charge in [-0.15, -0.1) is 0 Å². The molecule has 2 aromatic heterocycles. The van der Waals surface area contributed by atoms with Crippen molar-refractivity contribution in [1.29, 1.82) is 0 Å². The van der Waals surface area contributed by atoms with Gasteiger partial charge in [-0.1, -0.05) is 29.5 Å². The van der Waals surface area contributed by atoms with Gasteiger partial charge < -0.3 is 4.42 Å². The lowest BCUT2D eigenvalue weighted by Gasteiger charge is -2.21. The molecule has 0 atom stereocenters. The van der Waals surface area contributed by atoms with Crippen LogP contribution in [0.1, 0.15) is 21.7 Å². The van der Waals surface area contributed by atoms with Crippen molar-refractivity contribution in [3.63, 3.8) is 0 Å². The van der Waals surface area contributed by atoms with Crippen LogP contribution in [-0.2, 0) is 23.0 Å². The number of carbonyl (C=O) groups is 1. The van der Waals surface area contributed by atoms with E-state index >= 15 is 0 Å². The number of benzene rings is 3. The number of rotatable bonds is 6. The Morgan fingerprint density at radius 1 is 1.05 bits per heavy atom. The number of aromatic nitrogens is 1. The SMILES string of the molecule is O=C(c1ccc(S(=O)(=O)N2CCc3ccccc32)cc1)N(Cc1ccco1)c1nc2c(F)cc(F)cc2s1. The predicted molar refractivity (Wildman–Crippen MR) is 140 cm³/mol. The fourth-order valence-electron chi connectivity index (χ4n) is 4.46. The van der Waals surface area contributed by atoms with Gasteiger partial charge in [0.25, 0.3) is 15.9 Å². The first kappa shape index (κ1) is 24.3. The maximum Gasteiger partial charge on any atom is 0.264 e. The number of halogens is 2. The molecule has 0 bridgehead atoms. The van der Waals surface area contributed by atoms with E-state index in [1.807, 2.05) is 12.1 Å². The summed E-state index contributed by atoms with van der Waals surface area (Å²) in [4.78, 5) is 19.2. The highest BCUT2D eigenvalue weighted by molar-refractivity contribution is 7.92. The van der Waals surface area contributed by atoms with E-state index in [4.69, 9.17) is 4.42 Å². The molecule has 3 aromatic carbocycles. The maximum atomic E-state index is 14.3. The van der Waals surface area contributed by atoms with Gasteiger partial charge in [0, 0.05) is 18.2 Å². The van der Waals surface area contributed by atoms with E-state index in [9.17, 15) is 22.0 Å². The lowest BCUT2D eigenvalue weighted by molar-refractivity contribution is 0.0983. The van der Waals surface area contributed by atoms with Crippen LogP contribution in [0.25, 0.3) is 10.2 Å². The summed E-state index contributed by atoms with van der Waals surface area (Å²) in [6.45, 7) is 0.328. The summed E-state index contributed by atoms with van der Waals surface area (Å²) in [5.41, 5.74) is 1.76. The normalized spacial score (nSPS) is 13.2. The van der Waals surface area contributed by atoms with E-state index in [1.54, 1.807) is 24.3 Å². The summed E-state index contributed by atoms with van der Waals surface area (Å²) in [7, 11) is -3.83. The number of sulfonamides is 1. The van der Waals surface area contributed by atoms with Gasteiger partial charge in [-0.3, -0.25) is 14.0 Å². The van der Waals surface area contributed by atoms with Gasteiger partial charge in [0.1, 0.15) is 17.1 Å². The number of para-hydroxylation sites is 1. The average Bonchev–Trinajstić information content (AvgIpc) is 3.66. The highest BCUT2D eigenvalue weighted by Crippen LogP contribution is 2.34. The van der Waals surface area contributed by atoms with E-state index in [0.717, 1.165) is 29.0 Å². The molecule has 11 heteroatoms. The Morgan fingerprint density at radius 3 is 2.61 bits per heavy atom. The lowest BCUT2D eigenvalue weighted by atomic mass is 10.2. The standard InChI is InChI=1S/C27H19F2N3O4S2/c28-19-14-22(29)25-24(15-19)37-27(30-25)31(16-20-5-3-13-36-20)26(33)18-7-9-21(10-8-18)38(34,35)32-12-11-17-4-1-2-6-23(17)32/h1-10,13-15H,11-12,16H2. The van der Waals surface area contributed by atoms with E-state index in [-0.39, 0.29) is 32.4 Å². The molecule has 3 heterocycles. The van der Waals surface area contributed by atoms with E-state index in [2.05, 4.69) is 4.98 Å². The fraction of sp³-hybridized carbons (Fsp3) is 0.111. The summed E-state index contributed by atoms with van der Waals surface area (Å²) < 4.78 is 61.8. The molecular weight excluding hydrogens is 532 g/mol. The number of fused-ring (bicyclic) bond motifs is 2. The predicted octanol–water partition coefficient (Wildman–Crippen LogP) is 5.77. The Balaban J connectivity index is 1.33. The minimum atomic E-state index is -3.83. The van der Waals surface area contributed by atoms with Crippen LogP contribution < -0.4 is 9.21 Å². The van der Waals surface area contributed by atoms with Crippen molar-refractivity contribution in [1.82, 2.24) is 4.98 Å². The van der Waals surface area contributed by atoms with Gasteiger partial charge in [0.15, 0.2) is 10.9 Å². The summed E-state index contributed by atoms with van der Waals surface area (Å²) in [6, 6.07) is 18.2. The number of nitrogens with zero attached hydrogens (tertiary/aromatic N) is 3. The number of furan rings is 1. The monoisotopic (exact) mass is 551 g/mol. The van der Waals surface area contributed by atoms with Crippen molar-refractivity contribution in [3.8, 4) is 0 Å². The molecule has 0 aliphatic carbocycles. The maximum absolute atomic E-state index is 14.3. The second-order valence-corrected chi connectivity index (χ2v) is 11.6. The summed E-state index contributed by atoms with van der Waals surface area (Å²) >= 11 is 0.966. The summed E-state index contributed by atoms with van der Waals surface area (Å²) in [5.74, 6) is -1.62. The molecule has 1 amide bonds. The summed E-state index contributed by atoms with van der Waals surface area (Å²) in [5, 5.41) is 0.149. The van der Waals surface area contributed by atoms with Crippen LogP contribution in [0, 0.1) is 11.6 Å². The summed E-state index contributed by atoms with van der Waals surface area (Å²) in [6.07, 6.45) is 2.09. The molecule has 38 heavy (non-hydrogen) atoms. The van der Waals surface area contributed by atoms with Gasteiger partial charge in [0.2, 0.25) is 0 Å². The molecule has 7 nitrogen and oxygen atoms in total. The molecule has 0 saturated heterocycles. The molecule has 6 rings (SSSR count). The number of hydrogen-bond donors (Lipinski definition) is 0. The minimum Gasteiger partial charge on any atom is -0.467 e. The third-order valence-electron chi connectivity index (χ3n) is 6.31. The van der Waals surface area contributed by atoms with Gasteiger partial charge in [0.05, 0.1) is 28.1 Å². The molecule has 0 fully saturated rings. The number of anilines is 2. The van der Waals surface area contributed by atoms with E-state index < -0.39 is 27.6 Å². The van der Waals surface area contributed by atoms with E-state index in [1.165, 1.54) is 39.7 Å². The Labute approximate surface area is 220 Å². The van der Waals surface area contributed by atoms with Gasteiger partial charge in [-0.2, -0.15) is 0 Å². The minimum absolute atomic E-state index is 0.0135. The Morgan fingerprint density at radius 2 is 1.84 bits per heavy atom. The van der Waals surface area contributed by atoms with E-state index in [0.29, 0.717) is 24.4 Å². The van der Waals surface area contributed by atoms with Gasteiger partial charge in [-0.05, 0) is 60.5 Å². The highest BCUT2D eigenvalue weighted by atomic mass is 32.2. The van der Waals surface area contributed by atoms with Gasteiger partial charge >= 0.3 is 0 Å². The topological polar surface area (TPSA) is 83.7 Å². The fourth-order valence-corrected chi connectivity index (χ4v) is 6.96. The molecule has 192 valence electrons. The Kier molecular flexibility index (Phi) is 5.96. The molecular formula is C27H19F2N3O4S2. The van der Waals surface area contributed by atoms with Crippen molar-refractivity contribution in [2.45, 2.75) is 17.9 Å². The van der Waals surface area contributed by atoms with Crippen LogP contribution in [0.5, 0.6) is 0 Å². The largest absolute Gasteiger partial charge is 0.467 e. The molecule has 0 radical (unpaired) electrons. The van der Waals surface area contributed by atoms with Crippen molar-refractivity contribution in [2.75, 3.05) is 15.7 Å². The Hall–Kier alpha value is -4.09. The molecule has 1 aliphatic rings. The third kappa shape index (κ3) is 4.23. The quantitative estimate of drug-likeness (QED) is 0.268. The van der Waals surface area contributed by atoms with Crippen molar-refractivity contribution in [2.24, 2.45) is 0 Å². The van der Waals surface area contributed by atoms with Crippen molar-refractivity contribution < 1.29 is 26.4 Å². The van der Waals surface area contributed by atoms with Crippen LogP contribution in [0.3, 0.4) is 0 Å². The van der Waals surface area contributed by atoms with Crippen molar-refractivity contribution in [3.05, 3.63) is 108 Å². The van der Waals surface area contributed by atoms with Crippen LogP contribution in [0.4, 0.5) is 19.6 Å². The molecule has 5 aromatic rings.